The Morgan fingerprint density at radius 2 is 1.77 bits per heavy atom. The van der Waals surface area contributed by atoms with Crippen LogP contribution in [0.4, 0.5) is 5.69 Å². The van der Waals surface area contributed by atoms with E-state index in [0.717, 1.165) is 64.5 Å². The van der Waals surface area contributed by atoms with Crippen molar-refractivity contribution in [3.63, 3.8) is 0 Å². The minimum absolute atomic E-state index is 0. The van der Waals surface area contributed by atoms with Crippen molar-refractivity contribution in [1.29, 1.82) is 0 Å². The number of hydrogen-bond donors (Lipinski definition) is 2. The van der Waals surface area contributed by atoms with Crippen molar-refractivity contribution in [2.24, 2.45) is 10.4 Å². The first-order chi connectivity index (χ1) is 14.5. The normalized spacial score (nSPS) is 18.3. The van der Waals surface area contributed by atoms with Gasteiger partial charge in [0.1, 0.15) is 0 Å². The summed E-state index contributed by atoms with van der Waals surface area (Å²) >= 11 is 0. The Kier molecular flexibility index (Phi) is 10.3. The van der Waals surface area contributed by atoms with E-state index in [0.29, 0.717) is 13.1 Å². The SMILES string of the molecule is CCNC(=NCc1ccc(N2CCOCC2)cc1)NCC1(C(=O)N(C)C)CCCC1.I. The highest BCUT2D eigenvalue weighted by Gasteiger charge is 2.42. The summed E-state index contributed by atoms with van der Waals surface area (Å²) in [6.07, 6.45) is 4.12. The predicted octanol–water partition coefficient (Wildman–Crippen LogP) is 2.84. The highest BCUT2D eigenvalue weighted by molar-refractivity contribution is 14.0. The van der Waals surface area contributed by atoms with Crippen molar-refractivity contribution >= 4 is 41.5 Å². The van der Waals surface area contributed by atoms with Gasteiger partial charge in [0, 0.05) is 46.0 Å². The quantitative estimate of drug-likeness (QED) is 0.315. The number of carbonyl (C=O) groups excluding carboxylic acids is 1. The summed E-state index contributed by atoms with van der Waals surface area (Å²) < 4.78 is 5.43. The molecule has 8 heteroatoms. The fourth-order valence-electron chi connectivity index (χ4n) is 4.39. The monoisotopic (exact) mass is 543 g/mol. The van der Waals surface area contributed by atoms with Crippen molar-refractivity contribution in [3.05, 3.63) is 29.8 Å². The molecule has 1 saturated heterocycles. The topological polar surface area (TPSA) is 69.2 Å². The summed E-state index contributed by atoms with van der Waals surface area (Å²) in [4.78, 5) is 21.6. The third-order valence-corrected chi connectivity index (χ3v) is 6.09. The van der Waals surface area contributed by atoms with E-state index in [1.807, 2.05) is 14.1 Å². The molecule has 0 unspecified atom stereocenters. The lowest BCUT2D eigenvalue weighted by atomic mass is 9.84. The number of morpholine rings is 1. The number of benzene rings is 1. The highest BCUT2D eigenvalue weighted by Crippen LogP contribution is 2.38. The van der Waals surface area contributed by atoms with Gasteiger partial charge in [0.2, 0.25) is 5.91 Å². The summed E-state index contributed by atoms with van der Waals surface area (Å²) in [7, 11) is 3.70. The molecule has 0 atom stereocenters. The number of anilines is 1. The molecule has 1 aromatic rings. The Balaban J connectivity index is 0.00000341. The Hall–Kier alpha value is -1.55. The number of carbonyl (C=O) groups is 1. The first-order valence-corrected chi connectivity index (χ1v) is 11.2. The van der Waals surface area contributed by atoms with Gasteiger partial charge in [-0.3, -0.25) is 4.79 Å². The lowest BCUT2D eigenvalue weighted by molar-refractivity contribution is -0.138. The molecule has 3 rings (SSSR count). The van der Waals surface area contributed by atoms with Crippen LogP contribution in [0.5, 0.6) is 0 Å². The summed E-state index contributed by atoms with van der Waals surface area (Å²) in [5, 5.41) is 6.76. The largest absolute Gasteiger partial charge is 0.378 e. The molecule has 31 heavy (non-hydrogen) atoms. The second kappa shape index (κ2) is 12.5. The lowest BCUT2D eigenvalue weighted by Crippen LogP contribution is -2.49. The van der Waals surface area contributed by atoms with Crippen molar-refractivity contribution in [3.8, 4) is 0 Å². The van der Waals surface area contributed by atoms with Crippen molar-refractivity contribution < 1.29 is 9.53 Å². The third-order valence-electron chi connectivity index (χ3n) is 6.09. The molecule has 1 heterocycles. The van der Waals surface area contributed by atoms with Gasteiger partial charge in [0.15, 0.2) is 5.96 Å². The van der Waals surface area contributed by atoms with Crippen LogP contribution >= 0.6 is 24.0 Å². The highest BCUT2D eigenvalue weighted by atomic mass is 127. The second-order valence-electron chi connectivity index (χ2n) is 8.50. The molecular formula is C23H38IN5O2. The van der Waals surface area contributed by atoms with Gasteiger partial charge in [0.25, 0.3) is 0 Å². The molecule has 7 nitrogen and oxygen atoms in total. The first-order valence-electron chi connectivity index (χ1n) is 11.2. The maximum Gasteiger partial charge on any atom is 0.230 e. The van der Waals surface area contributed by atoms with Gasteiger partial charge < -0.3 is 25.2 Å². The molecule has 0 aromatic heterocycles. The first kappa shape index (κ1) is 25.7. The van der Waals surface area contributed by atoms with Crippen LogP contribution in [0.15, 0.2) is 29.3 Å². The van der Waals surface area contributed by atoms with Crippen molar-refractivity contribution in [1.82, 2.24) is 15.5 Å². The van der Waals surface area contributed by atoms with E-state index in [2.05, 4.69) is 46.7 Å². The molecule has 1 aliphatic carbocycles. The standard InChI is InChI=1S/C23H37N5O2.HI/c1-4-24-22(26-18-23(11-5-6-12-23)21(29)27(2)3)25-17-19-7-9-20(10-8-19)28-13-15-30-16-14-28;/h7-10H,4-6,11-18H2,1-3H3,(H2,24,25,26);1H. The fraction of sp³-hybridized carbons (Fsp3) is 0.652. The number of ether oxygens (including phenoxy) is 1. The Morgan fingerprint density at radius 3 is 2.35 bits per heavy atom. The van der Waals surface area contributed by atoms with Gasteiger partial charge in [-0.05, 0) is 37.5 Å². The maximum atomic E-state index is 12.8. The molecule has 1 aromatic carbocycles. The van der Waals surface area contributed by atoms with Crippen LogP contribution in [0.25, 0.3) is 0 Å². The molecule has 1 saturated carbocycles. The predicted molar refractivity (Wildman–Crippen MR) is 137 cm³/mol. The van der Waals surface area contributed by atoms with Crippen LogP contribution in [-0.4, -0.2) is 70.3 Å². The number of guanidine groups is 1. The van der Waals surface area contributed by atoms with Gasteiger partial charge in [-0.15, -0.1) is 24.0 Å². The van der Waals surface area contributed by atoms with E-state index >= 15 is 0 Å². The molecule has 2 aliphatic rings. The van der Waals surface area contributed by atoms with E-state index < -0.39 is 0 Å². The number of hydrogen-bond acceptors (Lipinski definition) is 4. The van der Waals surface area contributed by atoms with Crippen LogP contribution in [0.1, 0.15) is 38.2 Å². The zero-order valence-electron chi connectivity index (χ0n) is 19.2. The molecular weight excluding hydrogens is 505 g/mol. The average Bonchev–Trinajstić information content (AvgIpc) is 3.26. The molecule has 2 fully saturated rings. The summed E-state index contributed by atoms with van der Waals surface area (Å²) in [5.41, 5.74) is 2.10. The summed E-state index contributed by atoms with van der Waals surface area (Å²) in [6, 6.07) is 8.62. The van der Waals surface area contributed by atoms with Gasteiger partial charge in [-0.25, -0.2) is 4.99 Å². The van der Waals surface area contributed by atoms with Gasteiger partial charge in [-0.1, -0.05) is 25.0 Å². The van der Waals surface area contributed by atoms with Crippen LogP contribution in [0.3, 0.4) is 0 Å². The van der Waals surface area contributed by atoms with Gasteiger partial charge in [-0.2, -0.15) is 0 Å². The molecule has 1 amide bonds. The molecule has 0 bridgehead atoms. The zero-order valence-corrected chi connectivity index (χ0v) is 21.5. The van der Waals surface area contributed by atoms with E-state index in [1.165, 1.54) is 11.3 Å². The summed E-state index contributed by atoms with van der Waals surface area (Å²) in [5.74, 6) is 0.995. The van der Waals surface area contributed by atoms with E-state index in [-0.39, 0.29) is 35.3 Å². The molecule has 174 valence electrons. The molecule has 0 radical (unpaired) electrons. The van der Waals surface area contributed by atoms with E-state index in [1.54, 1.807) is 4.90 Å². The Bertz CT molecular complexity index is 711. The van der Waals surface area contributed by atoms with Crippen LogP contribution in [0.2, 0.25) is 0 Å². The number of rotatable bonds is 7. The van der Waals surface area contributed by atoms with Gasteiger partial charge in [0.05, 0.1) is 25.2 Å². The maximum absolute atomic E-state index is 12.8. The van der Waals surface area contributed by atoms with Crippen molar-refractivity contribution in [2.45, 2.75) is 39.2 Å². The summed E-state index contributed by atoms with van der Waals surface area (Å²) in [6.45, 7) is 7.56. The Labute approximate surface area is 204 Å². The number of halogens is 1. The average molecular weight is 543 g/mol. The fourth-order valence-corrected chi connectivity index (χ4v) is 4.39. The van der Waals surface area contributed by atoms with Crippen molar-refractivity contribution in [2.75, 3.05) is 58.4 Å². The number of nitrogens with zero attached hydrogens (tertiary/aromatic N) is 3. The molecule has 0 spiro atoms. The van der Waals surface area contributed by atoms with Crippen LogP contribution in [0, 0.1) is 5.41 Å². The lowest BCUT2D eigenvalue weighted by Gasteiger charge is -2.31. The number of aliphatic imine (C=N–C) groups is 1. The molecule has 2 N–H and O–H groups in total. The molecule has 1 aliphatic heterocycles. The van der Waals surface area contributed by atoms with E-state index in [9.17, 15) is 4.79 Å². The Morgan fingerprint density at radius 1 is 1.13 bits per heavy atom. The minimum atomic E-state index is -0.306. The number of amides is 1. The number of nitrogens with one attached hydrogen (secondary N) is 2. The van der Waals surface area contributed by atoms with Gasteiger partial charge >= 0.3 is 0 Å². The zero-order chi connectivity index (χ0) is 21.4. The second-order valence-corrected chi connectivity index (χ2v) is 8.50. The third kappa shape index (κ3) is 6.97. The minimum Gasteiger partial charge on any atom is -0.378 e. The van der Waals surface area contributed by atoms with E-state index in [4.69, 9.17) is 9.73 Å². The van der Waals surface area contributed by atoms with Crippen LogP contribution < -0.4 is 15.5 Å². The smallest absolute Gasteiger partial charge is 0.230 e. The van der Waals surface area contributed by atoms with Crippen LogP contribution in [-0.2, 0) is 16.1 Å².